The number of para-hydroxylation sites is 1. The normalized spacial score (nSPS) is 22.6. The van der Waals surface area contributed by atoms with E-state index in [1.807, 2.05) is 18.2 Å². The van der Waals surface area contributed by atoms with E-state index in [1.54, 1.807) is 13.4 Å². The van der Waals surface area contributed by atoms with Crippen LogP contribution in [0.2, 0.25) is 0 Å². The molecular weight excluding hydrogens is 402 g/mol. The average molecular weight is 440 g/mol. The predicted molar refractivity (Wildman–Crippen MR) is 128 cm³/mol. The topological polar surface area (TPSA) is 71.5 Å². The first-order chi connectivity index (χ1) is 15.7. The number of methoxy groups -OCH3 is 1. The van der Waals surface area contributed by atoms with Crippen molar-refractivity contribution in [2.45, 2.75) is 57.7 Å². The summed E-state index contributed by atoms with van der Waals surface area (Å²) in [5.41, 5.74) is 1.22. The molecule has 2 aliphatic heterocycles. The van der Waals surface area contributed by atoms with E-state index in [9.17, 15) is 0 Å². The number of rotatable bonds is 9. The standard InChI is InChI=1S/C25H37N5O2/c1-18(2)25-20(10-8-14-32-25)29-24-15-23(27-17-28-24)26-16-21(30-12-6-7-13-30)19-9-4-5-11-22(19)31-3/h4-5,9,11,15,17-18,20-21,25H,6-8,10,12-14,16H2,1-3H3,(H2,26,27,28,29). The third kappa shape index (κ3) is 5.51. The molecule has 1 aromatic heterocycles. The summed E-state index contributed by atoms with van der Waals surface area (Å²) in [5, 5.41) is 7.16. The van der Waals surface area contributed by atoms with Gasteiger partial charge in [0, 0.05) is 24.8 Å². The number of anilines is 2. The van der Waals surface area contributed by atoms with E-state index in [2.05, 4.69) is 51.5 Å². The maximum absolute atomic E-state index is 6.02. The number of likely N-dealkylation sites (tertiary alicyclic amines) is 1. The van der Waals surface area contributed by atoms with Gasteiger partial charge in [-0.05, 0) is 50.8 Å². The molecule has 3 heterocycles. The van der Waals surface area contributed by atoms with E-state index >= 15 is 0 Å². The van der Waals surface area contributed by atoms with E-state index in [-0.39, 0.29) is 18.2 Å². The minimum absolute atomic E-state index is 0.209. The molecule has 0 bridgehead atoms. The molecule has 0 radical (unpaired) electrons. The lowest BCUT2D eigenvalue weighted by atomic mass is 9.94. The fourth-order valence-electron chi connectivity index (χ4n) is 4.97. The molecule has 7 heteroatoms. The highest BCUT2D eigenvalue weighted by Gasteiger charge is 2.29. The summed E-state index contributed by atoms with van der Waals surface area (Å²) in [6.07, 6.45) is 6.50. The van der Waals surface area contributed by atoms with Crippen LogP contribution in [0, 0.1) is 5.92 Å². The van der Waals surface area contributed by atoms with Crippen molar-refractivity contribution in [1.82, 2.24) is 14.9 Å². The number of benzene rings is 1. The molecule has 0 spiro atoms. The van der Waals surface area contributed by atoms with Crippen LogP contribution < -0.4 is 15.4 Å². The van der Waals surface area contributed by atoms with Gasteiger partial charge in [0.2, 0.25) is 0 Å². The van der Waals surface area contributed by atoms with Crippen molar-refractivity contribution in [1.29, 1.82) is 0 Å². The summed E-state index contributed by atoms with van der Waals surface area (Å²) >= 11 is 0. The minimum Gasteiger partial charge on any atom is -0.496 e. The summed E-state index contributed by atoms with van der Waals surface area (Å²) in [4.78, 5) is 11.5. The molecule has 0 saturated carbocycles. The van der Waals surface area contributed by atoms with E-state index in [1.165, 1.54) is 18.4 Å². The second kappa shape index (κ2) is 11.0. The molecule has 2 N–H and O–H groups in total. The van der Waals surface area contributed by atoms with Gasteiger partial charge in [-0.15, -0.1) is 0 Å². The maximum atomic E-state index is 6.02. The summed E-state index contributed by atoms with van der Waals surface area (Å²) in [6, 6.07) is 10.8. The Bertz CT molecular complexity index is 856. The summed E-state index contributed by atoms with van der Waals surface area (Å²) < 4.78 is 11.7. The van der Waals surface area contributed by atoms with Crippen LogP contribution in [0.5, 0.6) is 5.75 Å². The summed E-state index contributed by atoms with van der Waals surface area (Å²) in [6.45, 7) is 8.26. The number of nitrogens with zero attached hydrogens (tertiary/aromatic N) is 3. The number of aromatic nitrogens is 2. The number of ether oxygens (including phenoxy) is 2. The van der Waals surface area contributed by atoms with Crippen LogP contribution in [-0.2, 0) is 4.74 Å². The van der Waals surface area contributed by atoms with E-state index < -0.39 is 0 Å². The Kier molecular flexibility index (Phi) is 7.81. The minimum atomic E-state index is 0.209. The molecule has 2 fully saturated rings. The Hall–Kier alpha value is -2.38. The van der Waals surface area contributed by atoms with Gasteiger partial charge in [0.05, 0.1) is 25.3 Å². The fourth-order valence-corrected chi connectivity index (χ4v) is 4.97. The van der Waals surface area contributed by atoms with Crippen molar-refractivity contribution in [2.24, 2.45) is 5.92 Å². The fraction of sp³-hybridized carbons (Fsp3) is 0.600. The Balaban J connectivity index is 1.46. The summed E-state index contributed by atoms with van der Waals surface area (Å²) in [5.74, 6) is 3.08. The smallest absolute Gasteiger partial charge is 0.131 e. The lowest BCUT2D eigenvalue weighted by Crippen LogP contribution is -2.43. The van der Waals surface area contributed by atoms with Gasteiger partial charge < -0.3 is 20.1 Å². The number of hydrogen-bond donors (Lipinski definition) is 2. The first-order valence-corrected chi connectivity index (χ1v) is 12.0. The second-order valence-electron chi connectivity index (χ2n) is 9.14. The highest BCUT2D eigenvalue weighted by molar-refractivity contribution is 5.48. The van der Waals surface area contributed by atoms with Crippen LogP contribution in [0.4, 0.5) is 11.6 Å². The van der Waals surface area contributed by atoms with Crippen LogP contribution >= 0.6 is 0 Å². The van der Waals surface area contributed by atoms with Crippen LogP contribution in [0.25, 0.3) is 0 Å². The Labute approximate surface area is 191 Å². The number of nitrogens with one attached hydrogen (secondary N) is 2. The first-order valence-electron chi connectivity index (χ1n) is 12.0. The zero-order valence-corrected chi connectivity index (χ0v) is 19.6. The molecule has 0 amide bonds. The molecule has 0 aliphatic carbocycles. The molecule has 1 aromatic carbocycles. The zero-order valence-electron chi connectivity index (χ0n) is 19.6. The van der Waals surface area contributed by atoms with Gasteiger partial charge in [0.1, 0.15) is 23.7 Å². The molecule has 7 nitrogen and oxygen atoms in total. The molecule has 3 unspecified atom stereocenters. The lowest BCUT2D eigenvalue weighted by molar-refractivity contribution is -0.0203. The second-order valence-corrected chi connectivity index (χ2v) is 9.14. The van der Waals surface area contributed by atoms with Crippen molar-refractivity contribution < 1.29 is 9.47 Å². The molecule has 4 rings (SSSR count). The largest absolute Gasteiger partial charge is 0.496 e. The molecule has 2 aliphatic rings. The van der Waals surface area contributed by atoms with Crippen LogP contribution in [0.15, 0.2) is 36.7 Å². The highest BCUT2D eigenvalue weighted by Crippen LogP contribution is 2.32. The van der Waals surface area contributed by atoms with Gasteiger partial charge in [-0.3, -0.25) is 4.90 Å². The monoisotopic (exact) mass is 439 g/mol. The Morgan fingerprint density at radius 2 is 1.91 bits per heavy atom. The van der Waals surface area contributed by atoms with Crippen LogP contribution in [-0.4, -0.2) is 60.4 Å². The molecule has 2 aromatic rings. The molecule has 174 valence electrons. The van der Waals surface area contributed by atoms with Gasteiger partial charge in [0.15, 0.2) is 0 Å². The van der Waals surface area contributed by atoms with Crippen molar-refractivity contribution in [3.8, 4) is 5.75 Å². The van der Waals surface area contributed by atoms with E-state index in [4.69, 9.17) is 9.47 Å². The molecular formula is C25H37N5O2. The van der Waals surface area contributed by atoms with E-state index in [0.29, 0.717) is 5.92 Å². The zero-order chi connectivity index (χ0) is 22.3. The first kappa shape index (κ1) is 22.8. The predicted octanol–water partition coefficient (Wildman–Crippen LogP) is 4.35. The Morgan fingerprint density at radius 3 is 2.69 bits per heavy atom. The van der Waals surface area contributed by atoms with Crippen molar-refractivity contribution in [3.05, 3.63) is 42.2 Å². The lowest BCUT2D eigenvalue weighted by Gasteiger charge is -2.35. The van der Waals surface area contributed by atoms with Gasteiger partial charge in [-0.2, -0.15) is 0 Å². The van der Waals surface area contributed by atoms with Crippen molar-refractivity contribution in [2.75, 3.05) is 44.0 Å². The Morgan fingerprint density at radius 1 is 1.12 bits per heavy atom. The average Bonchev–Trinajstić information content (AvgIpc) is 3.35. The third-order valence-corrected chi connectivity index (χ3v) is 6.58. The van der Waals surface area contributed by atoms with Gasteiger partial charge in [-0.25, -0.2) is 9.97 Å². The molecule has 2 saturated heterocycles. The van der Waals surface area contributed by atoms with Gasteiger partial charge in [-0.1, -0.05) is 32.0 Å². The highest BCUT2D eigenvalue weighted by atomic mass is 16.5. The molecule has 3 atom stereocenters. The van der Waals surface area contributed by atoms with Gasteiger partial charge in [0.25, 0.3) is 0 Å². The SMILES string of the molecule is COc1ccccc1C(CNc1cc(NC2CCCOC2C(C)C)ncn1)N1CCCC1. The third-order valence-electron chi connectivity index (χ3n) is 6.58. The maximum Gasteiger partial charge on any atom is 0.131 e. The van der Waals surface area contributed by atoms with Gasteiger partial charge >= 0.3 is 0 Å². The van der Waals surface area contributed by atoms with Crippen LogP contribution in [0.3, 0.4) is 0 Å². The van der Waals surface area contributed by atoms with Crippen molar-refractivity contribution in [3.63, 3.8) is 0 Å². The van der Waals surface area contributed by atoms with Crippen LogP contribution in [0.1, 0.15) is 51.1 Å². The summed E-state index contributed by atoms with van der Waals surface area (Å²) in [7, 11) is 1.75. The van der Waals surface area contributed by atoms with Crippen molar-refractivity contribution >= 4 is 11.6 Å². The number of hydrogen-bond acceptors (Lipinski definition) is 7. The quantitative estimate of drug-likeness (QED) is 0.602. The van der Waals surface area contributed by atoms with E-state index in [0.717, 1.165) is 56.5 Å². The molecule has 32 heavy (non-hydrogen) atoms.